The predicted molar refractivity (Wildman–Crippen MR) is 149 cm³/mol. The Bertz CT molecular complexity index is 1440. The average molecular weight is 536 g/mol. The number of aryl methyl sites for hydroxylation is 2. The number of aromatic nitrogens is 2. The van der Waals surface area contributed by atoms with Crippen LogP contribution in [0.25, 0.3) is 11.3 Å². The number of hydrogen-bond donors (Lipinski definition) is 1. The molecule has 2 aromatic carbocycles. The van der Waals surface area contributed by atoms with Crippen LogP contribution in [0.4, 0.5) is 5.95 Å². The third-order valence-electron chi connectivity index (χ3n) is 7.97. The molecular weight excluding hydrogens is 498 g/mol. The van der Waals surface area contributed by atoms with Crippen molar-refractivity contribution in [2.24, 2.45) is 11.3 Å². The van der Waals surface area contributed by atoms with Gasteiger partial charge in [-0.25, -0.2) is 18.1 Å². The van der Waals surface area contributed by atoms with Gasteiger partial charge in [0.15, 0.2) is 0 Å². The first-order valence-electron chi connectivity index (χ1n) is 13.1. The molecule has 1 aliphatic carbocycles. The quantitative estimate of drug-likeness (QED) is 0.439. The fourth-order valence-corrected chi connectivity index (χ4v) is 7.10. The van der Waals surface area contributed by atoms with E-state index in [9.17, 15) is 8.42 Å². The number of anilines is 1. The highest BCUT2D eigenvalue weighted by Gasteiger charge is 2.52. The van der Waals surface area contributed by atoms with E-state index in [1.54, 1.807) is 13.2 Å². The van der Waals surface area contributed by atoms with Gasteiger partial charge in [-0.15, -0.1) is 0 Å². The van der Waals surface area contributed by atoms with Gasteiger partial charge in [0, 0.05) is 30.1 Å². The van der Waals surface area contributed by atoms with Crippen molar-refractivity contribution in [1.29, 1.82) is 0 Å². The lowest BCUT2D eigenvalue weighted by Crippen LogP contribution is -2.53. The van der Waals surface area contributed by atoms with E-state index >= 15 is 0 Å². The summed E-state index contributed by atoms with van der Waals surface area (Å²) in [5, 5.41) is 0. The monoisotopic (exact) mass is 535 g/mol. The molecule has 0 amide bonds. The first kappa shape index (κ1) is 26.6. The molecule has 0 saturated heterocycles. The molecule has 0 unspecified atom stereocenters. The van der Waals surface area contributed by atoms with Crippen molar-refractivity contribution in [3.63, 3.8) is 0 Å². The Kier molecular flexibility index (Phi) is 6.76. The van der Waals surface area contributed by atoms with Crippen LogP contribution in [-0.2, 0) is 20.2 Å². The minimum absolute atomic E-state index is 0.00342. The summed E-state index contributed by atoms with van der Waals surface area (Å²) in [5.74, 6) is 0.480. The summed E-state index contributed by atoms with van der Waals surface area (Å²) in [6, 6.07) is 15.2. The molecular formula is C30H37N3O4S. The highest BCUT2D eigenvalue weighted by atomic mass is 32.2. The van der Waals surface area contributed by atoms with Gasteiger partial charge in [-0.05, 0) is 67.3 Å². The van der Waals surface area contributed by atoms with E-state index in [1.807, 2.05) is 56.3 Å². The minimum Gasteiger partial charge on any atom is -0.477 e. The normalized spacial score (nSPS) is 24.4. The number of methoxy groups -OCH3 is 1. The fourth-order valence-electron chi connectivity index (χ4n) is 6.11. The number of ether oxygens (including phenoxy) is 2. The van der Waals surface area contributed by atoms with Crippen molar-refractivity contribution >= 4 is 16.0 Å². The smallest absolute Gasteiger partial charge is 0.264 e. The molecule has 1 spiro atoms. The maximum absolute atomic E-state index is 13.6. The first-order chi connectivity index (χ1) is 17.9. The molecule has 7 nitrogen and oxygen atoms in total. The molecule has 202 valence electrons. The minimum atomic E-state index is -3.93. The van der Waals surface area contributed by atoms with Crippen LogP contribution in [0, 0.1) is 25.2 Å². The SMILES string of the molecule is COC1CC2(C1)c1cccc(c1)S(=O)(=O)Nc1nc(cc(-c3c(C)cccc3C)n1)OC[C@H]2CC(C)(C)C. The van der Waals surface area contributed by atoms with Crippen molar-refractivity contribution in [1.82, 2.24) is 9.97 Å². The van der Waals surface area contributed by atoms with E-state index in [1.165, 1.54) is 0 Å². The van der Waals surface area contributed by atoms with Crippen molar-refractivity contribution in [2.45, 2.75) is 70.3 Å². The molecule has 0 radical (unpaired) electrons. The number of hydrogen-bond acceptors (Lipinski definition) is 6. The molecule has 2 heterocycles. The fraction of sp³-hybridized carbons (Fsp3) is 0.467. The molecule has 38 heavy (non-hydrogen) atoms. The van der Waals surface area contributed by atoms with Crippen LogP contribution in [-0.4, -0.2) is 38.2 Å². The lowest BCUT2D eigenvalue weighted by Gasteiger charge is -2.53. The number of nitrogens with one attached hydrogen (secondary N) is 1. The average Bonchev–Trinajstić information content (AvgIpc) is 2.80. The third-order valence-corrected chi connectivity index (χ3v) is 9.30. The Labute approximate surface area is 226 Å². The Balaban J connectivity index is 1.68. The Morgan fingerprint density at radius 2 is 1.74 bits per heavy atom. The van der Waals surface area contributed by atoms with Crippen molar-refractivity contribution in [3.05, 3.63) is 65.2 Å². The predicted octanol–water partition coefficient (Wildman–Crippen LogP) is 6.05. The second-order valence-corrected chi connectivity index (χ2v) is 13.7. The maximum Gasteiger partial charge on any atom is 0.264 e. The van der Waals surface area contributed by atoms with Gasteiger partial charge in [0.05, 0.1) is 23.3 Å². The summed E-state index contributed by atoms with van der Waals surface area (Å²) < 4.78 is 41.9. The second-order valence-electron chi connectivity index (χ2n) is 12.0. The number of benzene rings is 2. The van der Waals surface area contributed by atoms with Gasteiger partial charge < -0.3 is 9.47 Å². The number of sulfonamides is 1. The summed E-state index contributed by atoms with van der Waals surface area (Å²) in [7, 11) is -2.19. The Morgan fingerprint density at radius 1 is 1.05 bits per heavy atom. The molecule has 8 heteroatoms. The van der Waals surface area contributed by atoms with Gasteiger partial charge >= 0.3 is 0 Å². The zero-order valence-corrected chi connectivity index (χ0v) is 23.9. The number of fused-ring (bicyclic) bond motifs is 5. The van der Waals surface area contributed by atoms with Crippen molar-refractivity contribution < 1.29 is 17.9 Å². The van der Waals surface area contributed by atoms with Gasteiger partial charge in [0.2, 0.25) is 11.8 Å². The van der Waals surface area contributed by atoms with Gasteiger partial charge in [0.1, 0.15) is 0 Å². The zero-order chi connectivity index (χ0) is 27.3. The molecule has 2 aliphatic rings. The molecule has 3 aromatic rings. The summed E-state index contributed by atoms with van der Waals surface area (Å²) in [6.07, 6.45) is 2.66. The maximum atomic E-state index is 13.6. The molecule has 1 fully saturated rings. The van der Waals surface area contributed by atoms with E-state index < -0.39 is 10.0 Å². The van der Waals surface area contributed by atoms with Crippen LogP contribution in [0.3, 0.4) is 0 Å². The highest BCUT2D eigenvalue weighted by molar-refractivity contribution is 7.92. The summed E-state index contributed by atoms with van der Waals surface area (Å²) in [4.78, 5) is 9.31. The third kappa shape index (κ3) is 5.04. The van der Waals surface area contributed by atoms with E-state index in [4.69, 9.17) is 9.47 Å². The highest BCUT2D eigenvalue weighted by Crippen LogP contribution is 2.54. The van der Waals surface area contributed by atoms with Crippen LogP contribution >= 0.6 is 0 Å². The van der Waals surface area contributed by atoms with E-state index in [-0.39, 0.29) is 33.7 Å². The van der Waals surface area contributed by atoms with Crippen molar-refractivity contribution in [2.75, 3.05) is 18.4 Å². The summed E-state index contributed by atoms with van der Waals surface area (Å²) >= 11 is 0. The molecule has 1 saturated carbocycles. The number of nitrogens with zero attached hydrogens (tertiary/aromatic N) is 2. The van der Waals surface area contributed by atoms with Gasteiger partial charge in [0.25, 0.3) is 10.0 Å². The van der Waals surface area contributed by atoms with Crippen LogP contribution < -0.4 is 9.46 Å². The Morgan fingerprint density at radius 3 is 2.39 bits per heavy atom. The van der Waals surface area contributed by atoms with Crippen LogP contribution in [0.1, 0.15) is 56.7 Å². The van der Waals surface area contributed by atoms with E-state index in [0.717, 1.165) is 41.5 Å². The lowest BCUT2D eigenvalue weighted by atomic mass is 9.54. The summed E-state index contributed by atoms with van der Waals surface area (Å²) in [5.41, 5.74) is 4.45. The molecule has 1 N–H and O–H groups in total. The van der Waals surface area contributed by atoms with Crippen LogP contribution in [0.15, 0.2) is 53.4 Å². The summed E-state index contributed by atoms with van der Waals surface area (Å²) in [6.45, 7) is 11.2. The topological polar surface area (TPSA) is 90.4 Å². The molecule has 5 rings (SSSR count). The molecule has 1 atom stereocenters. The van der Waals surface area contributed by atoms with Gasteiger partial charge in [-0.1, -0.05) is 51.1 Å². The molecule has 1 aliphatic heterocycles. The zero-order valence-electron chi connectivity index (χ0n) is 23.0. The van der Waals surface area contributed by atoms with Crippen molar-refractivity contribution in [3.8, 4) is 17.1 Å². The number of rotatable bonds is 3. The lowest BCUT2D eigenvalue weighted by molar-refractivity contribution is -0.0602. The Hall–Kier alpha value is -2.97. The van der Waals surface area contributed by atoms with Gasteiger partial charge in [-0.3, -0.25) is 0 Å². The molecule has 1 aromatic heterocycles. The van der Waals surface area contributed by atoms with Gasteiger partial charge in [-0.2, -0.15) is 4.98 Å². The van der Waals surface area contributed by atoms with E-state index in [0.29, 0.717) is 18.2 Å². The first-order valence-corrected chi connectivity index (χ1v) is 14.6. The second kappa shape index (κ2) is 9.65. The standard InChI is InChI=1S/C30H37N3O4S/c1-19-9-7-10-20(2)27(19)25-14-26-32-28(31-25)33-38(34,35)24-12-8-11-21(13-24)30(16-23(17-30)36-6)22(18-37-26)15-29(3,4)5/h7-14,22-23H,15-18H2,1-6H3,(H,31,32,33)/t22-,23?,30?/m1/s1. The largest absolute Gasteiger partial charge is 0.477 e. The van der Waals surface area contributed by atoms with E-state index in [2.05, 4.69) is 35.5 Å². The van der Waals surface area contributed by atoms with Crippen LogP contribution in [0.5, 0.6) is 5.88 Å². The van der Waals surface area contributed by atoms with Crippen LogP contribution in [0.2, 0.25) is 0 Å². The molecule has 4 bridgehead atoms.